The van der Waals surface area contributed by atoms with Gasteiger partial charge in [-0.15, -0.1) is 0 Å². The summed E-state index contributed by atoms with van der Waals surface area (Å²) in [5.74, 6) is -0.174. The van der Waals surface area contributed by atoms with Crippen molar-refractivity contribution in [2.75, 3.05) is 7.11 Å². The Morgan fingerprint density at radius 3 is 2.28 bits per heavy atom. The number of ether oxygens (including phenoxy) is 2. The fourth-order valence-electron chi connectivity index (χ4n) is 3.86. The molecule has 0 aliphatic heterocycles. The van der Waals surface area contributed by atoms with Crippen LogP contribution in [0.3, 0.4) is 0 Å². The van der Waals surface area contributed by atoms with E-state index >= 15 is 0 Å². The third kappa shape index (κ3) is 7.00. The molecule has 0 heterocycles. The summed E-state index contributed by atoms with van der Waals surface area (Å²) in [5.41, 5.74) is 1.77. The lowest BCUT2D eigenvalue weighted by Crippen LogP contribution is -2.42. The minimum Gasteiger partial charge on any atom is -0.465 e. The molecule has 1 N–H and O–H groups in total. The lowest BCUT2D eigenvalue weighted by molar-refractivity contribution is -0.150. The van der Waals surface area contributed by atoms with Crippen LogP contribution in [0.1, 0.15) is 75.7 Å². The van der Waals surface area contributed by atoms with Crippen LogP contribution in [0.2, 0.25) is 0 Å². The zero-order chi connectivity index (χ0) is 21.4. The smallest absolute Gasteiger partial charge is 0.337 e. The molecule has 1 aromatic carbocycles. The Bertz CT molecular complexity index is 709. The second kappa shape index (κ2) is 10.6. The van der Waals surface area contributed by atoms with E-state index < -0.39 is 5.60 Å². The highest BCUT2D eigenvalue weighted by Crippen LogP contribution is 2.30. The molecule has 0 amide bonds. The number of esters is 2. The Balaban J connectivity index is 2.15. The lowest BCUT2D eigenvalue weighted by atomic mass is 9.80. The first kappa shape index (κ1) is 23.1. The van der Waals surface area contributed by atoms with Gasteiger partial charge >= 0.3 is 11.9 Å². The van der Waals surface area contributed by atoms with Gasteiger partial charge in [0.25, 0.3) is 0 Å². The summed E-state index contributed by atoms with van der Waals surface area (Å²) in [6.07, 6.45) is 7.76. The predicted octanol–water partition coefficient (Wildman–Crippen LogP) is 4.80. The molecule has 0 bridgehead atoms. The van der Waals surface area contributed by atoms with Crippen molar-refractivity contribution in [3.63, 3.8) is 0 Å². The van der Waals surface area contributed by atoms with Crippen LogP contribution in [-0.2, 0) is 20.8 Å². The Hall–Kier alpha value is -2.14. The zero-order valence-corrected chi connectivity index (χ0v) is 18.4. The van der Waals surface area contributed by atoms with E-state index in [1.807, 2.05) is 45.9 Å². The average molecular weight is 402 g/mol. The molecule has 2 rings (SSSR count). The summed E-state index contributed by atoms with van der Waals surface area (Å²) in [5, 5.41) is 3.60. The first-order valence-corrected chi connectivity index (χ1v) is 10.6. The van der Waals surface area contributed by atoms with E-state index in [0.29, 0.717) is 23.6 Å². The van der Waals surface area contributed by atoms with Gasteiger partial charge < -0.3 is 14.8 Å². The van der Waals surface area contributed by atoms with E-state index in [-0.39, 0.29) is 18.0 Å². The molecule has 1 aliphatic rings. The van der Waals surface area contributed by atoms with Crippen molar-refractivity contribution in [1.82, 2.24) is 5.32 Å². The fourth-order valence-corrected chi connectivity index (χ4v) is 3.86. The maximum Gasteiger partial charge on any atom is 0.337 e. The van der Waals surface area contributed by atoms with E-state index in [9.17, 15) is 9.59 Å². The Kier molecular flexibility index (Phi) is 8.45. The number of carbonyl (C=O) groups is 2. The molecule has 1 aromatic rings. The molecular formula is C24H35NO4. The van der Waals surface area contributed by atoms with Crippen LogP contribution in [0.25, 0.3) is 0 Å². The highest BCUT2D eigenvalue weighted by Gasteiger charge is 2.31. The molecule has 1 aliphatic carbocycles. The monoisotopic (exact) mass is 401 g/mol. The molecule has 29 heavy (non-hydrogen) atoms. The topological polar surface area (TPSA) is 64.6 Å². The summed E-state index contributed by atoms with van der Waals surface area (Å²) in [7, 11) is 1.38. The SMILES string of the molecule is C/C=C(/C(=O)OC(C)(C)C)C(NCc1ccc(C(=O)OC)cc1)C1CCCCC1. The van der Waals surface area contributed by atoms with E-state index in [0.717, 1.165) is 18.4 Å². The van der Waals surface area contributed by atoms with Gasteiger partial charge in [-0.3, -0.25) is 0 Å². The van der Waals surface area contributed by atoms with Crippen LogP contribution in [0, 0.1) is 5.92 Å². The maximum atomic E-state index is 12.9. The number of carbonyl (C=O) groups excluding carboxylic acids is 2. The standard InChI is InChI=1S/C24H35NO4/c1-6-20(23(27)29-24(2,3)4)21(18-10-8-7-9-11-18)25-16-17-12-14-19(15-13-17)22(26)28-5/h6,12-15,18,21,25H,7-11,16H2,1-5H3/b20-6+. The van der Waals surface area contributed by atoms with E-state index in [1.54, 1.807) is 12.1 Å². The van der Waals surface area contributed by atoms with Gasteiger partial charge in [0, 0.05) is 12.6 Å². The number of methoxy groups -OCH3 is 1. The predicted molar refractivity (Wildman–Crippen MR) is 115 cm³/mol. The molecule has 0 spiro atoms. The number of benzene rings is 1. The lowest BCUT2D eigenvalue weighted by Gasteiger charge is -2.33. The highest BCUT2D eigenvalue weighted by atomic mass is 16.6. The summed E-state index contributed by atoms with van der Waals surface area (Å²) in [4.78, 5) is 24.5. The fraction of sp³-hybridized carbons (Fsp3) is 0.583. The Labute approximate surface area is 174 Å². The van der Waals surface area contributed by atoms with Gasteiger partial charge in [0.15, 0.2) is 0 Å². The Morgan fingerprint density at radius 2 is 1.76 bits per heavy atom. The molecule has 1 atom stereocenters. The quantitative estimate of drug-likeness (QED) is 0.525. The summed E-state index contributed by atoms with van der Waals surface area (Å²) in [6.45, 7) is 8.20. The van der Waals surface area contributed by atoms with Crippen LogP contribution >= 0.6 is 0 Å². The minimum absolute atomic E-state index is 0.0459. The molecule has 0 saturated heterocycles. The number of hydrogen-bond acceptors (Lipinski definition) is 5. The van der Waals surface area contributed by atoms with E-state index in [1.165, 1.54) is 26.4 Å². The Morgan fingerprint density at radius 1 is 1.14 bits per heavy atom. The van der Waals surface area contributed by atoms with Crippen molar-refractivity contribution < 1.29 is 19.1 Å². The maximum absolute atomic E-state index is 12.9. The van der Waals surface area contributed by atoms with E-state index in [4.69, 9.17) is 9.47 Å². The molecule has 0 aromatic heterocycles. The second-order valence-corrected chi connectivity index (χ2v) is 8.69. The third-order valence-corrected chi connectivity index (χ3v) is 5.30. The van der Waals surface area contributed by atoms with Gasteiger partial charge in [-0.1, -0.05) is 37.5 Å². The first-order chi connectivity index (χ1) is 13.7. The van der Waals surface area contributed by atoms with Crippen molar-refractivity contribution in [3.05, 3.63) is 47.0 Å². The van der Waals surface area contributed by atoms with Crippen molar-refractivity contribution in [1.29, 1.82) is 0 Å². The second-order valence-electron chi connectivity index (χ2n) is 8.69. The summed E-state index contributed by atoms with van der Waals surface area (Å²) >= 11 is 0. The van der Waals surface area contributed by atoms with E-state index in [2.05, 4.69) is 5.32 Å². The van der Waals surface area contributed by atoms with Crippen LogP contribution in [-0.4, -0.2) is 30.7 Å². The first-order valence-electron chi connectivity index (χ1n) is 10.6. The van der Waals surface area contributed by atoms with Crippen LogP contribution in [0.4, 0.5) is 0 Å². The van der Waals surface area contributed by atoms with Crippen molar-refractivity contribution >= 4 is 11.9 Å². The third-order valence-electron chi connectivity index (χ3n) is 5.30. The number of hydrogen-bond donors (Lipinski definition) is 1. The summed E-state index contributed by atoms with van der Waals surface area (Å²) < 4.78 is 10.4. The average Bonchev–Trinajstić information content (AvgIpc) is 2.70. The molecule has 1 fully saturated rings. The highest BCUT2D eigenvalue weighted by molar-refractivity contribution is 5.90. The van der Waals surface area contributed by atoms with Gasteiger partial charge in [-0.05, 0) is 64.2 Å². The van der Waals surface area contributed by atoms with Crippen molar-refractivity contribution in [2.24, 2.45) is 5.92 Å². The molecule has 0 radical (unpaired) electrons. The molecular weight excluding hydrogens is 366 g/mol. The van der Waals surface area contributed by atoms with Gasteiger partial charge in [0.2, 0.25) is 0 Å². The molecule has 1 saturated carbocycles. The zero-order valence-electron chi connectivity index (χ0n) is 18.4. The largest absolute Gasteiger partial charge is 0.465 e. The van der Waals surface area contributed by atoms with Crippen LogP contribution in [0.15, 0.2) is 35.9 Å². The van der Waals surface area contributed by atoms with Crippen molar-refractivity contribution in [2.45, 2.75) is 78.0 Å². The van der Waals surface area contributed by atoms with Gasteiger partial charge in [-0.25, -0.2) is 9.59 Å². The summed E-state index contributed by atoms with van der Waals surface area (Å²) in [6, 6.07) is 7.32. The number of rotatable bonds is 7. The van der Waals surface area contributed by atoms with Gasteiger partial charge in [-0.2, -0.15) is 0 Å². The number of allylic oxidation sites excluding steroid dienone is 1. The molecule has 1 unspecified atom stereocenters. The number of nitrogens with one attached hydrogen (secondary N) is 1. The molecule has 5 heteroatoms. The normalized spacial score (nSPS) is 16.9. The van der Waals surface area contributed by atoms with Crippen LogP contribution in [0.5, 0.6) is 0 Å². The van der Waals surface area contributed by atoms with Gasteiger partial charge in [0.1, 0.15) is 5.60 Å². The van der Waals surface area contributed by atoms with Crippen molar-refractivity contribution in [3.8, 4) is 0 Å². The molecule has 5 nitrogen and oxygen atoms in total. The van der Waals surface area contributed by atoms with Gasteiger partial charge in [0.05, 0.1) is 18.2 Å². The minimum atomic E-state index is -0.522. The van der Waals surface area contributed by atoms with Crippen LogP contribution < -0.4 is 5.32 Å². The molecule has 160 valence electrons.